The number of nitrogens with zero attached hydrogens (tertiary/aromatic N) is 3. The molecule has 0 unspecified atom stereocenters. The Balaban J connectivity index is 2.07. The van der Waals surface area contributed by atoms with Gasteiger partial charge in [0.15, 0.2) is 0 Å². The lowest BCUT2D eigenvalue weighted by atomic mass is 10.2. The van der Waals surface area contributed by atoms with Crippen molar-refractivity contribution < 1.29 is 13.2 Å². The van der Waals surface area contributed by atoms with Gasteiger partial charge in [0.25, 0.3) is 0 Å². The first-order chi connectivity index (χ1) is 11.7. The van der Waals surface area contributed by atoms with E-state index in [1.54, 1.807) is 25.1 Å². The van der Waals surface area contributed by atoms with Crippen LogP contribution in [0.2, 0.25) is 5.02 Å². The molecule has 0 saturated carbocycles. The quantitative estimate of drug-likeness (QED) is 0.748. The molecule has 6 nitrogen and oxygen atoms in total. The Kier molecular flexibility index (Phi) is 6.71. The van der Waals surface area contributed by atoms with Gasteiger partial charge in [0.2, 0.25) is 15.9 Å². The molecule has 25 heavy (non-hydrogen) atoms. The minimum Gasteiger partial charge on any atom is -0.340 e. The number of carbonyl (C=O) groups is 1. The van der Waals surface area contributed by atoms with Crippen molar-refractivity contribution in [1.29, 1.82) is 0 Å². The van der Waals surface area contributed by atoms with Gasteiger partial charge in [0, 0.05) is 44.2 Å². The Morgan fingerprint density at radius 1 is 1.24 bits per heavy atom. The van der Waals surface area contributed by atoms with E-state index in [0.717, 1.165) is 25.9 Å². The second-order valence-electron chi connectivity index (χ2n) is 6.28. The largest absolute Gasteiger partial charge is 0.340 e. The molecule has 1 aliphatic rings. The van der Waals surface area contributed by atoms with Gasteiger partial charge in [-0.05, 0) is 31.2 Å². The van der Waals surface area contributed by atoms with Crippen LogP contribution >= 0.6 is 11.6 Å². The van der Waals surface area contributed by atoms with Crippen molar-refractivity contribution in [3.63, 3.8) is 0 Å². The van der Waals surface area contributed by atoms with Gasteiger partial charge < -0.3 is 9.80 Å². The molecule has 1 aromatic carbocycles. The van der Waals surface area contributed by atoms with E-state index in [1.165, 1.54) is 4.31 Å². The van der Waals surface area contributed by atoms with Gasteiger partial charge in [-0.15, -0.1) is 0 Å². The van der Waals surface area contributed by atoms with Gasteiger partial charge in [0.1, 0.15) is 0 Å². The lowest BCUT2D eigenvalue weighted by Crippen LogP contribution is -2.49. The molecule has 0 aliphatic carbocycles. The summed E-state index contributed by atoms with van der Waals surface area (Å²) in [4.78, 5) is 16.6. The van der Waals surface area contributed by atoms with Gasteiger partial charge in [0.05, 0.1) is 11.9 Å². The number of sulfonamides is 1. The van der Waals surface area contributed by atoms with Gasteiger partial charge in [-0.25, -0.2) is 8.42 Å². The Morgan fingerprint density at radius 2 is 1.88 bits per heavy atom. The number of piperazine rings is 1. The zero-order chi connectivity index (χ0) is 18.6. The first-order valence-corrected chi connectivity index (χ1v) is 10.7. The predicted octanol–water partition coefficient (Wildman–Crippen LogP) is 1.97. The van der Waals surface area contributed by atoms with Crippen LogP contribution in [-0.2, 0) is 14.8 Å². The average molecular weight is 388 g/mol. The van der Waals surface area contributed by atoms with Gasteiger partial charge in [-0.2, -0.15) is 0 Å². The van der Waals surface area contributed by atoms with E-state index in [-0.39, 0.29) is 18.9 Å². The Labute approximate surface area is 155 Å². The van der Waals surface area contributed by atoms with E-state index in [0.29, 0.717) is 29.4 Å². The Bertz CT molecular complexity index is 716. The lowest BCUT2D eigenvalue weighted by molar-refractivity contribution is -0.132. The molecule has 0 atom stereocenters. The highest BCUT2D eigenvalue weighted by atomic mass is 35.5. The summed E-state index contributed by atoms with van der Waals surface area (Å²) in [7, 11) is -3.50. The highest BCUT2D eigenvalue weighted by molar-refractivity contribution is 7.92. The third-order valence-corrected chi connectivity index (χ3v) is 6.20. The number of anilines is 1. The maximum absolute atomic E-state index is 12.5. The molecule has 1 saturated heterocycles. The minimum absolute atomic E-state index is 0.0101. The number of amides is 1. The van der Waals surface area contributed by atoms with Crippen LogP contribution in [0, 0.1) is 6.92 Å². The fraction of sp³-hybridized carbons (Fsp3) is 0.588. The molecule has 2 rings (SSSR count). The molecule has 1 amide bonds. The SMILES string of the molecule is CCN1CCN(C(=O)CCN(c2cccc(Cl)c2C)S(C)(=O)=O)CC1. The molecule has 0 N–H and O–H groups in total. The van der Waals surface area contributed by atoms with E-state index in [4.69, 9.17) is 11.6 Å². The van der Waals surface area contributed by atoms with Crippen molar-refractivity contribution >= 4 is 33.2 Å². The van der Waals surface area contributed by atoms with Crippen LogP contribution in [0.3, 0.4) is 0 Å². The maximum Gasteiger partial charge on any atom is 0.232 e. The molecular weight excluding hydrogens is 362 g/mol. The molecule has 1 aromatic rings. The van der Waals surface area contributed by atoms with Crippen LogP contribution in [0.5, 0.6) is 0 Å². The highest BCUT2D eigenvalue weighted by Crippen LogP contribution is 2.28. The van der Waals surface area contributed by atoms with Crippen LogP contribution in [0.1, 0.15) is 18.9 Å². The number of halogens is 1. The fourth-order valence-corrected chi connectivity index (χ4v) is 4.15. The number of likely N-dealkylation sites (N-methyl/N-ethyl adjacent to an activating group) is 1. The lowest BCUT2D eigenvalue weighted by Gasteiger charge is -2.34. The van der Waals surface area contributed by atoms with Crippen molar-refractivity contribution in [2.45, 2.75) is 20.3 Å². The fourth-order valence-electron chi connectivity index (χ4n) is 3.00. The zero-order valence-electron chi connectivity index (χ0n) is 15.0. The van der Waals surface area contributed by atoms with Crippen molar-refractivity contribution in [3.8, 4) is 0 Å². The van der Waals surface area contributed by atoms with Crippen LogP contribution in [0.15, 0.2) is 18.2 Å². The highest BCUT2D eigenvalue weighted by Gasteiger charge is 2.24. The summed E-state index contributed by atoms with van der Waals surface area (Å²) in [6.07, 6.45) is 1.31. The number of hydrogen-bond acceptors (Lipinski definition) is 4. The molecular formula is C17H26ClN3O3S. The third-order valence-electron chi connectivity index (χ3n) is 4.61. The molecule has 140 valence electrons. The summed E-state index contributed by atoms with van der Waals surface area (Å²) in [6, 6.07) is 5.15. The number of benzene rings is 1. The van der Waals surface area contributed by atoms with Gasteiger partial charge in [-0.3, -0.25) is 9.10 Å². The number of hydrogen-bond donors (Lipinski definition) is 0. The monoisotopic (exact) mass is 387 g/mol. The standard InChI is InChI=1S/C17H26ClN3O3S/c1-4-19-10-12-20(13-11-19)17(22)8-9-21(25(3,23)24)16-7-5-6-15(18)14(16)2/h5-7H,4,8-13H2,1-3H3. The zero-order valence-corrected chi connectivity index (χ0v) is 16.6. The molecule has 1 heterocycles. The maximum atomic E-state index is 12.5. The summed E-state index contributed by atoms with van der Waals surface area (Å²) < 4.78 is 25.7. The smallest absolute Gasteiger partial charge is 0.232 e. The number of carbonyl (C=O) groups excluding carboxylic acids is 1. The second kappa shape index (κ2) is 8.38. The van der Waals surface area contributed by atoms with Crippen molar-refractivity contribution in [3.05, 3.63) is 28.8 Å². The average Bonchev–Trinajstić information content (AvgIpc) is 2.57. The summed E-state index contributed by atoms with van der Waals surface area (Å²) in [5.41, 5.74) is 1.22. The van der Waals surface area contributed by atoms with E-state index in [9.17, 15) is 13.2 Å². The summed E-state index contributed by atoms with van der Waals surface area (Å²) in [5.74, 6) is -0.0101. The minimum atomic E-state index is -3.50. The first kappa shape index (κ1) is 20.0. The molecule has 1 aliphatic heterocycles. The van der Waals surface area contributed by atoms with Crippen molar-refractivity contribution in [2.75, 3.05) is 49.8 Å². The summed E-state index contributed by atoms with van der Waals surface area (Å²) >= 11 is 6.12. The Hall–Kier alpha value is -1.31. The molecule has 0 bridgehead atoms. The van der Waals surface area contributed by atoms with Crippen LogP contribution < -0.4 is 4.31 Å². The van der Waals surface area contributed by atoms with E-state index < -0.39 is 10.0 Å². The normalized spacial score (nSPS) is 16.1. The molecule has 0 spiro atoms. The molecule has 0 aromatic heterocycles. The third kappa shape index (κ3) is 5.09. The van der Waals surface area contributed by atoms with Crippen molar-refractivity contribution in [1.82, 2.24) is 9.80 Å². The van der Waals surface area contributed by atoms with Gasteiger partial charge in [-0.1, -0.05) is 24.6 Å². The van der Waals surface area contributed by atoms with E-state index in [2.05, 4.69) is 11.8 Å². The van der Waals surface area contributed by atoms with E-state index in [1.807, 2.05) is 4.90 Å². The predicted molar refractivity (Wildman–Crippen MR) is 102 cm³/mol. The number of rotatable bonds is 6. The molecule has 1 fully saturated rings. The Morgan fingerprint density at radius 3 is 2.44 bits per heavy atom. The summed E-state index contributed by atoms with van der Waals surface area (Å²) in [5, 5.41) is 0.508. The second-order valence-corrected chi connectivity index (χ2v) is 8.60. The topological polar surface area (TPSA) is 60.9 Å². The van der Waals surface area contributed by atoms with Crippen LogP contribution in [-0.4, -0.2) is 69.6 Å². The van der Waals surface area contributed by atoms with Crippen LogP contribution in [0.25, 0.3) is 0 Å². The van der Waals surface area contributed by atoms with E-state index >= 15 is 0 Å². The van der Waals surface area contributed by atoms with Crippen molar-refractivity contribution in [2.24, 2.45) is 0 Å². The van der Waals surface area contributed by atoms with Crippen LogP contribution in [0.4, 0.5) is 5.69 Å². The molecule has 8 heteroatoms. The molecule has 0 radical (unpaired) electrons. The summed E-state index contributed by atoms with van der Waals surface area (Å²) in [6.45, 7) is 8.11. The first-order valence-electron chi connectivity index (χ1n) is 8.47. The van der Waals surface area contributed by atoms with Gasteiger partial charge >= 0.3 is 0 Å².